The summed E-state index contributed by atoms with van der Waals surface area (Å²) in [5.74, 6) is -0.412. The van der Waals surface area contributed by atoms with Crippen LogP contribution in [0.15, 0.2) is 53.4 Å². The molecule has 0 radical (unpaired) electrons. The summed E-state index contributed by atoms with van der Waals surface area (Å²) in [5, 5.41) is 0. The van der Waals surface area contributed by atoms with Crippen LogP contribution in [0.1, 0.15) is 22.8 Å². The van der Waals surface area contributed by atoms with Crippen LogP contribution in [0.5, 0.6) is 5.75 Å². The van der Waals surface area contributed by atoms with Crippen LogP contribution in [-0.2, 0) is 16.1 Å². The number of carbonyl (C=O) groups is 2. The van der Waals surface area contributed by atoms with Gasteiger partial charge in [-0.1, -0.05) is 30.3 Å². The number of rotatable bonds is 7. The zero-order valence-electron chi connectivity index (χ0n) is 15.4. The van der Waals surface area contributed by atoms with Crippen LogP contribution in [0.4, 0.5) is 0 Å². The number of esters is 1. The van der Waals surface area contributed by atoms with E-state index < -0.39 is 12.1 Å². The second-order valence-corrected chi connectivity index (χ2v) is 6.67. The van der Waals surface area contributed by atoms with Gasteiger partial charge in [-0.3, -0.25) is 4.79 Å². The third-order valence-corrected chi connectivity index (χ3v) is 4.62. The molecule has 6 heteroatoms. The lowest BCUT2D eigenvalue weighted by Gasteiger charge is -2.22. The minimum absolute atomic E-state index is 0.262. The predicted molar refractivity (Wildman–Crippen MR) is 103 cm³/mol. The van der Waals surface area contributed by atoms with Crippen LogP contribution < -0.4 is 4.74 Å². The van der Waals surface area contributed by atoms with Gasteiger partial charge in [-0.2, -0.15) is 0 Å². The van der Waals surface area contributed by atoms with E-state index in [4.69, 9.17) is 9.47 Å². The van der Waals surface area contributed by atoms with Crippen molar-refractivity contribution in [2.24, 2.45) is 0 Å². The third-order valence-electron chi connectivity index (χ3n) is 3.90. The van der Waals surface area contributed by atoms with Gasteiger partial charge < -0.3 is 14.4 Å². The van der Waals surface area contributed by atoms with Crippen LogP contribution in [0, 0.1) is 0 Å². The first-order chi connectivity index (χ1) is 12.5. The summed E-state index contributed by atoms with van der Waals surface area (Å²) in [5.41, 5.74) is 1.31. The van der Waals surface area contributed by atoms with Crippen LogP contribution in [-0.4, -0.2) is 43.3 Å². The van der Waals surface area contributed by atoms with E-state index in [0.717, 1.165) is 10.5 Å². The van der Waals surface area contributed by atoms with Gasteiger partial charge in [0.05, 0.1) is 7.11 Å². The number of likely N-dealkylation sites (N-methyl/N-ethyl adjacent to an activating group) is 1. The van der Waals surface area contributed by atoms with Gasteiger partial charge in [0.2, 0.25) is 0 Å². The van der Waals surface area contributed by atoms with E-state index in [-0.39, 0.29) is 5.91 Å². The average Bonchev–Trinajstić information content (AvgIpc) is 2.67. The third kappa shape index (κ3) is 5.02. The van der Waals surface area contributed by atoms with Crippen molar-refractivity contribution in [2.45, 2.75) is 24.5 Å². The zero-order chi connectivity index (χ0) is 19.1. The number of hydrogen-bond acceptors (Lipinski definition) is 5. The summed E-state index contributed by atoms with van der Waals surface area (Å²) in [6.07, 6.45) is 1.05. The molecule has 2 aromatic rings. The van der Waals surface area contributed by atoms with Gasteiger partial charge in [-0.05, 0) is 36.9 Å². The molecule has 0 saturated carbocycles. The Morgan fingerprint density at radius 3 is 2.46 bits per heavy atom. The standard InChI is InChI=1S/C20H23NO4S/c1-14(19(22)21(2)13-15-8-6-5-7-9-15)25-20(23)17-11-10-16(26-4)12-18(17)24-3/h5-12,14H,13H2,1-4H3/t14-/m1/s1. The van der Waals surface area contributed by atoms with Crippen LogP contribution in [0.25, 0.3) is 0 Å². The first-order valence-electron chi connectivity index (χ1n) is 8.18. The number of ether oxygens (including phenoxy) is 2. The topological polar surface area (TPSA) is 55.8 Å². The number of benzene rings is 2. The van der Waals surface area contributed by atoms with Gasteiger partial charge in [0.25, 0.3) is 5.91 Å². The van der Waals surface area contributed by atoms with Crippen molar-refractivity contribution in [3.05, 3.63) is 59.7 Å². The first-order valence-corrected chi connectivity index (χ1v) is 9.40. The highest BCUT2D eigenvalue weighted by atomic mass is 32.2. The van der Waals surface area contributed by atoms with Gasteiger partial charge in [-0.25, -0.2) is 4.79 Å². The molecule has 2 rings (SSSR count). The lowest BCUT2D eigenvalue weighted by Crippen LogP contribution is -2.37. The van der Waals surface area contributed by atoms with E-state index in [9.17, 15) is 9.59 Å². The summed E-state index contributed by atoms with van der Waals surface area (Å²) >= 11 is 1.55. The molecular weight excluding hydrogens is 350 g/mol. The Morgan fingerprint density at radius 1 is 1.15 bits per heavy atom. The maximum absolute atomic E-state index is 12.5. The van der Waals surface area contributed by atoms with Crippen molar-refractivity contribution in [3.63, 3.8) is 0 Å². The van der Waals surface area contributed by atoms with Gasteiger partial charge in [-0.15, -0.1) is 11.8 Å². The second-order valence-electron chi connectivity index (χ2n) is 5.79. The molecule has 0 aliphatic carbocycles. The molecule has 0 aliphatic heterocycles. The molecule has 1 atom stereocenters. The summed E-state index contributed by atoms with van der Waals surface area (Å²) in [4.78, 5) is 27.4. The van der Waals surface area contributed by atoms with E-state index >= 15 is 0 Å². The molecule has 0 fully saturated rings. The SMILES string of the molecule is COc1cc(SC)ccc1C(=O)O[C@H](C)C(=O)N(C)Cc1ccccc1. The molecular formula is C20H23NO4S. The van der Waals surface area contributed by atoms with Crippen molar-refractivity contribution >= 4 is 23.6 Å². The molecule has 0 aromatic heterocycles. The highest BCUT2D eigenvalue weighted by Gasteiger charge is 2.24. The van der Waals surface area contributed by atoms with Crippen LogP contribution >= 0.6 is 11.8 Å². The van der Waals surface area contributed by atoms with E-state index in [1.54, 1.807) is 42.8 Å². The zero-order valence-corrected chi connectivity index (χ0v) is 16.2. The molecule has 0 aliphatic rings. The van der Waals surface area contributed by atoms with Crippen molar-refractivity contribution < 1.29 is 19.1 Å². The van der Waals surface area contributed by atoms with Gasteiger partial charge in [0.1, 0.15) is 11.3 Å². The molecule has 0 N–H and O–H groups in total. The molecule has 0 bridgehead atoms. The number of thioether (sulfide) groups is 1. The summed E-state index contributed by atoms with van der Waals surface area (Å²) in [6, 6.07) is 14.9. The molecule has 138 valence electrons. The summed E-state index contributed by atoms with van der Waals surface area (Å²) < 4.78 is 10.6. The van der Waals surface area contributed by atoms with Gasteiger partial charge in [0.15, 0.2) is 6.10 Å². The minimum atomic E-state index is -0.888. The summed E-state index contributed by atoms with van der Waals surface area (Å²) in [7, 11) is 3.19. The highest BCUT2D eigenvalue weighted by Crippen LogP contribution is 2.26. The van der Waals surface area contributed by atoms with Crippen molar-refractivity contribution in [3.8, 4) is 5.75 Å². The van der Waals surface area contributed by atoms with Crippen molar-refractivity contribution in [2.75, 3.05) is 20.4 Å². The lowest BCUT2D eigenvalue weighted by molar-refractivity contribution is -0.139. The molecule has 0 unspecified atom stereocenters. The van der Waals surface area contributed by atoms with Crippen molar-refractivity contribution in [1.82, 2.24) is 4.90 Å². The lowest BCUT2D eigenvalue weighted by atomic mass is 10.2. The fourth-order valence-corrected chi connectivity index (χ4v) is 2.92. The largest absolute Gasteiger partial charge is 0.496 e. The minimum Gasteiger partial charge on any atom is -0.496 e. The molecule has 5 nitrogen and oxygen atoms in total. The predicted octanol–water partition coefficient (Wildman–Crippen LogP) is 3.62. The fraction of sp³-hybridized carbons (Fsp3) is 0.300. The highest BCUT2D eigenvalue weighted by molar-refractivity contribution is 7.98. The number of nitrogens with zero attached hydrogens (tertiary/aromatic N) is 1. The Kier molecular flexibility index (Phi) is 7.09. The number of amides is 1. The molecule has 1 amide bonds. The molecule has 26 heavy (non-hydrogen) atoms. The Hall–Kier alpha value is -2.47. The second kappa shape index (κ2) is 9.29. The maximum Gasteiger partial charge on any atom is 0.342 e. The maximum atomic E-state index is 12.5. The first kappa shape index (κ1) is 19.8. The van der Waals surface area contributed by atoms with E-state index in [0.29, 0.717) is 17.9 Å². The molecule has 0 heterocycles. The smallest absolute Gasteiger partial charge is 0.342 e. The van der Waals surface area contributed by atoms with Crippen molar-refractivity contribution in [1.29, 1.82) is 0 Å². The number of hydrogen-bond donors (Lipinski definition) is 0. The van der Waals surface area contributed by atoms with Crippen LogP contribution in [0.2, 0.25) is 0 Å². The Bertz CT molecular complexity index is 764. The van der Waals surface area contributed by atoms with E-state index in [1.807, 2.05) is 42.7 Å². The monoisotopic (exact) mass is 373 g/mol. The normalized spacial score (nSPS) is 11.5. The number of methoxy groups -OCH3 is 1. The number of carbonyl (C=O) groups excluding carboxylic acids is 2. The molecule has 2 aromatic carbocycles. The van der Waals surface area contributed by atoms with E-state index in [1.165, 1.54) is 7.11 Å². The van der Waals surface area contributed by atoms with Crippen LogP contribution in [0.3, 0.4) is 0 Å². The van der Waals surface area contributed by atoms with Gasteiger partial charge in [0, 0.05) is 18.5 Å². The van der Waals surface area contributed by atoms with E-state index in [2.05, 4.69) is 0 Å². The fourth-order valence-electron chi connectivity index (χ4n) is 2.49. The Labute approximate surface area is 158 Å². The molecule has 0 spiro atoms. The summed E-state index contributed by atoms with van der Waals surface area (Å²) in [6.45, 7) is 2.03. The van der Waals surface area contributed by atoms with Gasteiger partial charge >= 0.3 is 5.97 Å². The Balaban J connectivity index is 2.03. The quantitative estimate of drug-likeness (QED) is 0.548. The molecule has 0 saturated heterocycles. The Morgan fingerprint density at radius 2 is 1.85 bits per heavy atom. The average molecular weight is 373 g/mol.